The molecule has 0 heterocycles. The Labute approximate surface area is 66.3 Å². The summed E-state index contributed by atoms with van der Waals surface area (Å²) in [6.07, 6.45) is 0. The van der Waals surface area contributed by atoms with Gasteiger partial charge in [0.1, 0.15) is 0 Å². The molecule has 0 bridgehead atoms. The van der Waals surface area contributed by atoms with E-state index in [1.54, 1.807) is 0 Å². The Morgan fingerprint density at radius 1 is 1.20 bits per heavy atom. The third kappa shape index (κ3) is 18.8. The molecule has 0 unspecified atom stereocenters. The third-order valence-corrected chi connectivity index (χ3v) is 0. The SMILES string of the molecule is [S]=[Bi]([I])([I])[I]. The second kappa shape index (κ2) is 3.34. The van der Waals surface area contributed by atoms with Crippen LogP contribution in [0.1, 0.15) is 0 Å². The predicted octanol–water partition coefficient (Wildman–Crippen LogP) is 2.92. The molecule has 5 heteroatoms. The number of hydrogen-bond donors (Lipinski definition) is 0. The molecule has 0 atom stereocenters. The van der Waals surface area contributed by atoms with Gasteiger partial charge in [0.25, 0.3) is 0 Å². The van der Waals surface area contributed by atoms with Crippen molar-refractivity contribution >= 4 is 68.6 Å². The van der Waals surface area contributed by atoms with E-state index in [-0.39, 0.29) is 0 Å². The van der Waals surface area contributed by atoms with E-state index in [9.17, 15) is 0 Å². The van der Waals surface area contributed by atoms with Gasteiger partial charge in [-0.3, -0.25) is 0 Å². The average molecular weight is 622 g/mol. The molecular formula is BiI3S. The van der Waals surface area contributed by atoms with Gasteiger partial charge < -0.3 is 0 Å². The van der Waals surface area contributed by atoms with Crippen LogP contribution in [0.3, 0.4) is 0 Å². The van der Waals surface area contributed by atoms with Gasteiger partial charge in [-0.05, 0) is 0 Å². The molecule has 0 rings (SSSR count). The Hall–Kier alpha value is 3.29. The molecule has 0 fully saturated rings. The molecule has 0 amide bonds. The molecular weight excluding hydrogens is 622 g/mol. The summed E-state index contributed by atoms with van der Waals surface area (Å²) in [4.78, 5) is 0. The molecule has 0 saturated carbocycles. The van der Waals surface area contributed by atoms with Crippen LogP contribution in [0.25, 0.3) is 0 Å². The van der Waals surface area contributed by atoms with Crippen LogP contribution in [-0.2, 0) is 0 Å². The summed E-state index contributed by atoms with van der Waals surface area (Å²) in [5.74, 6) is 0. The minimum atomic E-state index is -1.73. The molecule has 0 aromatic carbocycles. The van der Waals surface area contributed by atoms with E-state index in [2.05, 4.69) is 54.1 Å². The van der Waals surface area contributed by atoms with Crippen molar-refractivity contribution in [3.8, 4) is 0 Å². The normalized spacial score (nSPS) is 11.8. The summed E-state index contributed by atoms with van der Waals surface area (Å²) in [5, 5.41) is 0. The van der Waals surface area contributed by atoms with Gasteiger partial charge in [0, 0.05) is 0 Å². The van der Waals surface area contributed by atoms with Crippen LogP contribution in [-0.4, -0.2) is 5.66 Å². The maximum atomic E-state index is 5.00. The fourth-order valence-corrected chi connectivity index (χ4v) is 0. The first-order chi connectivity index (χ1) is 2.00. The molecule has 0 saturated heterocycles. The minimum absolute atomic E-state index is 1.73. The van der Waals surface area contributed by atoms with E-state index >= 15 is 0 Å². The van der Waals surface area contributed by atoms with Crippen molar-refractivity contribution in [1.29, 1.82) is 0 Å². The van der Waals surface area contributed by atoms with Crippen LogP contribution < -0.4 is 0 Å². The third-order valence-electron chi connectivity index (χ3n) is 0. The standard InChI is InChI=1S/Bi.3HI.S/h;3*1H;/q+3;;;;/p-3. The molecule has 32 valence electrons. The van der Waals surface area contributed by atoms with Gasteiger partial charge in [-0.1, -0.05) is 0 Å². The van der Waals surface area contributed by atoms with E-state index in [4.69, 9.17) is 8.86 Å². The van der Waals surface area contributed by atoms with Crippen LogP contribution in [0.2, 0.25) is 0 Å². The van der Waals surface area contributed by atoms with E-state index in [1.165, 1.54) is 0 Å². The quantitative estimate of drug-likeness (QED) is 0.296. The molecule has 0 aromatic rings. The zero-order valence-electron chi connectivity index (χ0n) is 1.99. The van der Waals surface area contributed by atoms with Crippen molar-refractivity contribution in [1.82, 2.24) is 0 Å². The van der Waals surface area contributed by atoms with E-state index in [0.717, 1.165) is 0 Å². The Kier molecular flexibility index (Phi) is 5.55. The Morgan fingerprint density at radius 2 is 1.20 bits per heavy atom. The number of halogens is 3. The molecule has 0 spiro atoms. The Balaban J connectivity index is 3.47. The molecule has 5 heavy (non-hydrogen) atoms. The van der Waals surface area contributed by atoms with E-state index < -0.39 is 5.66 Å². The first-order valence-electron chi connectivity index (χ1n) is 0.690. The van der Waals surface area contributed by atoms with Crippen molar-refractivity contribution in [3.63, 3.8) is 0 Å². The number of rotatable bonds is 0. The van der Waals surface area contributed by atoms with Gasteiger partial charge in [-0.15, -0.1) is 0 Å². The zero-order chi connectivity index (χ0) is 4.50. The second-order valence-electron chi connectivity index (χ2n) is 0.399. The molecule has 0 N–H and O–H groups in total. The van der Waals surface area contributed by atoms with Gasteiger partial charge >= 0.3 is 68.6 Å². The second-order valence-corrected chi connectivity index (χ2v) is 112. The van der Waals surface area contributed by atoms with E-state index in [1.807, 2.05) is 0 Å². The summed E-state index contributed by atoms with van der Waals surface area (Å²) in [6, 6.07) is 0. The van der Waals surface area contributed by atoms with Crippen LogP contribution in [0.4, 0.5) is 0 Å². The first-order valence-corrected chi connectivity index (χ1v) is 34.7. The molecule has 0 aliphatic rings. The van der Waals surface area contributed by atoms with Crippen molar-refractivity contribution in [3.05, 3.63) is 0 Å². The monoisotopic (exact) mass is 622 g/mol. The molecule has 0 aliphatic carbocycles. The predicted molar refractivity (Wildman–Crippen MR) is 55.4 cm³/mol. The summed E-state index contributed by atoms with van der Waals surface area (Å²) in [7, 11) is 5.00. The van der Waals surface area contributed by atoms with Crippen LogP contribution in [0.15, 0.2) is 0 Å². The van der Waals surface area contributed by atoms with Gasteiger partial charge in [0.05, 0.1) is 0 Å². The van der Waals surface area contributed by atoms with Crippen molar-refractivity contribution in [2.45, 2.75) is 0 Å². The fourth-order valence-electron chi connectivity index (χ4n) is 0. The van der Waals surface area contributed by atoms with Gasteiger partial charge in [-0.2, -0.15) is 0 Å². The van der Waals surface area contributed by atoms with Crippen LogP contribution in [0, 0.1) is 0 Å². The van der Waals surface area contributed by atoms with Crippen molar-refractivity contribution < 1.29 is 0 Å². The molecule has 0 aliphatic heterocycles. The van der Waals surface area contributed by atoms with Crippen molar-refractivity contribution in [2.24, 2.45) is 0 Å². The summed E-state index contributed by atoms with van der Waals surface area (Å²) in [6.45, 7) is 0. The zero-order valence-corrected chi connectivity index (χ0v) is 12.8. The molecule has 0 nitrogen and oxygen atoms in total. The van der Waals surface area contributed by atoms with Crippen LogP contribution in [0.5, 0.6) is 0 Å². The van der Waals surface area contributed by atoms with E-state index in [0.29, 0.717) is 0 Å². The summed E-state index contributed by atoms with van der Waals surface area (Å²) in [5.41, 5.74) is -1.73. The topological polar surface area (TPSA) is 0 Å². The van der Waals surface area contributed by atoms with Crippen LogP contribution >= 0.6 is 63.0 Å². The average Bonchev–Trinajstić information content (AvgIpc) is 0.722. The number of hydrogen-bond acceptors (Lipinski definition) is 1. The van der Waals surface area contributed by atoms with Gasteiger partial charge in [-0.25, -0.2) is 0 Å². The first kappa shape index (κ1) is 8.29. The summed E-state index contributed by atoms with van der Waals surface area (Å²) >= 11 is 7.14. The molecule has 0 aromatic heterocycles. The maximum absolute atomic E-state index is 5.00. The van der Waals surface area contributed by atoms with Crippen molar-refractivity contribution in [2.75, 3.05) is 0 Å². The Bertz CT molecular complexity index is 53.0. The van der Waals surface area contributed by atoms with Gasteiger partial charge in [0.2, 0.25) is 0 Å². The Morgan fingerprint density at radius 3 is 1.20 bits per heavy atom. The van der Waals surface area contributed by atoms with Gasteiger partial charge in [0.15, 0.2) is 0 Å². The fraction of sp³-hybridized carbons (Fsp3) is 0. The molecule has 0 radical (unpaired) electrons. The summed E-state index contributed by atoms with van der Waals surface area (Å²) < 4.78 is 0.